The Labute approximate surface area is 120 Å². The molecule has 5 heteroatoms. The second-order valence-corrected chi connectivity index (χ2v) is 6.87. The van der Waals surface area contributed by atoms with Gasteiger partial charge in [-0.05, 0) is 32.1 Å². The van der Waals surface area contributed by atoms with Crippen LogP contribution in [0.1, 0.15) is 40.0 Å². The predicted octanol–water partition coefficient (Wildman–Crippen LogP) is 0.927. The monoisotopic (exact) mass is 280 g/mol. The highest BCUT2D eigenvalue weighted by atomic mass is 16.5. The molecule has 5 nitrogen and oxygen atoms in total. The van der Waals surface area contributed by atoms with Crippen LogP contribution >= 0.6 is 0 Å². The number of piperazine rings is 1. The van der Waals surface area contributed by atoms with E-state index in [1.165, 1.54) is 0 Å². The number of rotatable bonds is 4. The van der Waals surface area contributed by atoms with E-state index in [4.69, 9.17) is 4.74 Å². The zero-order valence-corrected chi connectivity index (χ0v) is 12.5. The molecule has 0 spiro atoms. The molecule has 0 aromatic carbocycles. The third-order valence-corrected chi connectivity index (χ3v) is 5.14. The third-order valence-electron chi connectivity index (χ3n) is 5.14. The molecule has 0 aromatic heterocycles. The summed E-state index contributed by atoms with van der Waals surface area (Å²) in [6.07, 6.45) is 3.15. The highest BCUT2D eigenvalue weighted by Crippen LogP contribution is 2.47. The van der Waals surface area contributed by atoms with Crippen LogP contribution < -0.4 is 5.32 Å². The van der Waals surface area contributed by atoms with Gasteiger partial charge in [0.1, 0.15) is 6.04 Å². The van der Waals surface area contributed by atoms with Gasteiger partial charge in [0.05, 0.1) is 12.6 Å². The molecule has 1 aliphatic heterocycles. The smallest absolute Gasteiger partial charge is 0.246 e. The molecular formula is C15H24N2O3. The summed E-state index contributed by atoms with van der Waals surface area (Å²) in [5, 5.41) is 2.86. The maximum absolute atomic E-state index is 12.6. The summed E-state index contributed by atoms with van der Waals surface area (Å²) in [4.78, 5) is 26.3. The Morgan fingerprint density at radius 2 is 2.05 bits per heavy atom. The molecule has 2 amide bonds. The summed E-state index contributed by atoms with van der Waals surface area (Å²) in [6.45, 7) is 7.15. The van der Waals surface area contributed by atoms with Crippen LogP contribution in [0.15, 0.2) is 0 Å². The van der Waals surface area contributed by atoms with Gasteiger partial charge in [0.2, 0.25) is 11.8 Å². The third kappa shape index (κ3) is 2.12. The van der Waals surface area contributed by atoms with Crippen molar-refractivity contribution in [2.75, 3.05) is 13.2 Å². The number of nitrogens with one attached hydrogen (secondary N) is 1. The van der Waals surface area contributed by atoms with E-state index in [0.717, 1.165) is 19.3 Å². The molecule has 0 aromatic rings. The Hall–Kier alpha value is -1.10. The van der Waals surface area contributed by atoms with Crippen LogP contribution in [0.5, 0.6) is 0 Å². The number of carbonyl (C=O) groups is 2. The SMILES string of the molecule is CCOC1CC(N2CC(=O)NC(C3CC3)C2=O)C1(C)C. The Bertz CT molecular complexity index is 431. The van der Waals surface area contributed by atoms with Crippen molar-refractivity contribution in [3.05, 3.63) is 0 Å². The highest BCUT2D eigenvalue weighted by molar-refractivity contribution is 5.95. The minimum absolute atomic E-state index is 0.0165. The van der Waals surface area contributed by atoms with Gasteiger partial charge < -0.3 is 15.0 Å². The predicted molar refractivity (Wildman–Crippen MR) is 74.0 cm³/mol. The van der Waals surface area contributed by atoms with E-state index in [9.17, 15) is 9.59 Å². The zero-order valence-electron chi connectivity index (χ0n) is 12.5. The van der Waals surface area contributed by atoms with Crippen molar-refractivity contribution in [3.8, 4) is 0 Å². The van der Waals surface area contributed by atoms with Crippen LogP contribution in [-0.2, 0) is 14.3 Å². The molecule has 3 unspecified atom stereocenters. The van der Waals surface area contributed by atoms with Crippen LogP contribution in [0.4, 0.5) is 0 Å². The van der Waals surface area contributed by atoms with E-state index in [2.05, 4.69) is 19.2 Å². The van der Waals surface area contributed by atoms with Gasteiger partial charge in [-0.1, -0.05) is 13.8 Å². The van der Waals surface area contributed by atoms with Crippen molar-refractivity contribution < 1.29 is 14.3 Å². The van der Waals surface area contributed by atoms with Crippen molar-refractivity contribution in [2.45, 2.75) is 58.2 Å². The van der Waals surface area contributed by atoms with E-state index < -0.39 is 0 Å². The van der Waals surface area contributed by atoms with Gasteiger partial charge in [-0.3, -0.25) is 9.59 Å². The van der Waals surface area contributed by atoms with Gasteiger partial charge in [0.25, 0.3) is 0 Å². The van der Waals surface area contributed by atoms with Gasteiger partial charge in [0, 0.05) is 18.1 Å². The minimum atomic E-state index is -0.279. The Kier molecular flexibility index (Phi) is 3.27. The molecule has 1 saturated heterocycles. The molecule has 1 heterocycles. The molecule has 1 N–H and O–H groups in total. The van der Waals surface area contributed by atoms with E-state index in [1.807, 2.05) is 6.92 Å². The van der Waals surface area contributed by atoms with E-state index >= 15 is 0 Å². The molecule has 0 radical (unpaired) electrons. The fourth-order valence-electron chi connectivity index (χ4n) is 3.58. The average Bonchev–Trinajstić information content (AvgIpc) is 3.21. The van der Waals surface area contributed by atoms with Gasteiger partial charge in [-0.15, -0.1) is 0 Å². The van der Waals surface area contributed by atoms with Crippen LogP contribution in [0.2, 0.25) is 0 Å². The molecule has 3 rings (SSSR count). The summed E-state index contributed by atoms with van der Waals surface area (Å²) in [7, 11) is 0. The standard InChI is InChI=1S/C15H24N2O3/c1-4-20-11-7-10(15(11,2)3)17-8-12(18)16-13(14(17)19)9-5-6-9/h9-11,13H,4-8H2,1-3H3,(H,16,18). The van der Waals surface area contributed by atoms with Crippen LogP contribution in [-0.4, -0.2) is 48.1 Å². The zero-order chi connectivity index (χ0) is 14.5. The fraction of sp³-hybridized carbons (Fsp3) is 0.867. The molecule has 2 aliphatic carbocycles. The summed E-state index contributed by atoms with van der Waals surface area (Å²) in [5.41, 5.74) is -0.0720. The topological polar surface area (TPSA) is 58.6 Å². The first-order valence-electron chi connectivity index (χ1n) is 7.66. The van der Waals surface area contributed by atoms with Gasteiger partial charge in [-0.2, -0.15) is 0 Å². The van der Waals surface area contributed by atoms with Gasteiger partial charge >= 0.3 is 0 Å². The van der Waals surface area contributed by atoms with E-state index in [1.54, 1.807) is 4.90 Å². The lowest BCUT2D eigenvalue weighted by molar-refractivity contribution is -0.175. The van der Waals surface area contributed by atoms with Crippen LogP contribution in [0.3, 0.4) is 0 Å². The molecule has 3 fully saturated rings. The summed E-state index contributed by atoms with van der Waals surface area (Å²) < 4.78 is 5.72. The lowest BCUT2D eigenvalue weighted by Crippen LogP contribution is -2.69. The van der Waals surface area contributed by atoms with E-state index in [-0.39, 0.29) is 42.0 Å². The Morgan fingerprint density at radius 1 is 1.35 bits per heavy atom. The van der Waals surface area contributed by atoms with Gasteiger partial charge in [0.15, 0.2) is 0 Å². The number of nitrogens with zero attached hydrogens (tertiary/aromatic N) is 1. The number of ether oxygens (including phenoxy) is 1. The molecule has 20 heavy (non-hydrogen) atoms. The quantitative estimate of drug-likeness (QED) is 0.833. The molecule has 3 aliphatic rings. The van der Waals surface area contributed by atoms with Crippen molar-refractivity contribution in [2.24, 2.45) is 11.3 Å². The summed E-state index contributed by atoms with van der Waals surface area (Å²) in [6, 6.07) is -0.156. The Morgan fingerprint density at radius 3 is 2.60 bits per heavy atom. The maximum atomic E-state index is 12.6. The average molecular weight is 280 g/mol. The molecule has 0 bridgehead atoms. The first-order chi connectivity index (χ1) is 9.45. The van der Waals surface area contributed by atoms with Crippen molar-refractivity contribution in [1.82, 2.24) is 10.2 Å². The molecule has 112 valence electrons. The molecular weight excluding hydrogens is 256 g/mol. The first kappa shape index (κ1) is 13.9. The number of carbonyl (C=O) groups excluding carboxylic acids is 2. The van der Waals surface area contributed by atoms with Crippen molar-refractivity contribution in [3.63, 3.8) is 0 Å². The van der Waals surface area contributed by atoms with Crippen molar-refractivity contribution >= 4 is 11.8 Å². The second kappa shape index (κ2) is 4.72. The number of hydrogen-bond donors (Lipinski definition) is 1. The maximum Gasteiger partial charge on any atom is 0.246 e. The van der Waals surface area contributed by atoms with Crippen LogP contribution in [0.25, 0.3) is 0 Å². The number of amides is 2. The van der Waals surface area contributed by atoms with Gasteiger partial charge in [-0.25, -0.2) is 0 Å². The minimum Gasteiger partial charge on any atom is -0.378 e. The Balaban J connectivity index is 1.73. The lowest BCUT2D eigenvalue weighted by atomic mass is 9.63. The molecule has 2 saturated carbocycles. The van der Waals surface area contributed by atoms with Crippen molar-refractivity contribution in [1.29, 1.82) is 0 Å². The highest BCUT2D eigenvalue weighted by Gasteiger charge is 2.55. The summed E-state index contributed by atoms with van der Waals surface area (Å²) >= 11 is 0. The van der Waals surface area contributed by atoms with Crippen LogP contribution in [0, 0.1) is 11.3 Å². The number of hydrogen-bond acceptors (Lipinski definition) is 3. The summed E-state index contributed by atoms with van der Waals surface area (Å²) in [5.74, 6) is 0.456. The van der Waals surface area contributed by atoms with E-state index in [0.29, 0.717) is 12.5 Å². The normalized spacial score (nSPS) is 36.5. The second-order valence-electron chi connectivity index (χ2n) is 6.87. The first-order valence-corrected chi connectivity index (χ1v) is 7.66. The fourth-order valence-corrected chi connectivity index (χ4v) is 3.58. The largest absolute Gasteiger partial charge is 0.378 e. The molecule has 3 atom stereocenters. The lowest BCUT2D eigenvalue weighted by Gasteiger charge is -2.56.